The van der Waals surface area contributed by atoms with E-state index >= 15 is 0 Å². The second-order valence-electron chi connectivity index (χ2n) is 4.07. The summed E-state index contributed by atoms with van der Waals surface area (Å²) in [7, 11) is 0. The first-order chi connectivity index (χ1) is 7.34. The number of ether oxygens (including phenoxy) is 1. The van der Waals surface area contributed by atoms with E-state index in [1.165, 1.54) is 11.1 Å². The highest BCUT2D eigenvalue weighted by Gasteiger charge is 2.29. The van der Waals surface area contributed by atoms with Crippen molar-refractivity contribution in [1.29, 1.82) is 0 Å². The van der Waals surface area contributed by atoms with Gasteiger partial charge in [0.1, 0.15) is 6.10 Å². The first-order valence-corrected chi connectivity index (χ1v) is 5.35. The van der Waals surface area contributed by atoms with Crippen molar-refractivity contribution < 1.29 is 9.53 Å². The van der Waals surface area contributed by atoms with Gasteiger partial charge in [-0.2, -0.15) is 0 Å². The third-order valence-corrected chi connectivity index (χ3v) is 3.12. The van der Waals surface area contributed by atoms with Gasteiger partial charge in [-0.3, -0.25) is 0 Å². The molecule has 1 aromatic carbocycles. The fraction of sp³-hybridized carbons (Fsp3) is 0.308. The van der Waals surface area contributed by atoms with Crippen LogP contribution in [0.25, 0.3) is 5.57 Å². The van der Waals surface area contributed by atoms with Crippen molar-refractivity contribution in [3.8, 4) is 0 Å². The van der Waals surface area contributed by atoms with Gasteiger partial charge in [0.2, 0.25) is 0 Å². The summed E-state index contributed by atoms with van der Waals surface area (Å²) >= 11 is 0. The van der Waals surface area contributed by atoms with Crippen LogP contribution >= 0.6 is 0 Å². The first kappa shape index (κ1) is 8.72. The summed E-state index contributed by atoms with van der Waals surface area (Å²) in [5.74, 6) is -0.188. The van der Waals surface area contributed by atoms with Crippen molar-refractivity contribution in [3.63, 3.8) is 0 Å². The third-order valence-electron chi connectivity index (χ3n) is 3.12. The predicted octanol–water partition coefficient (Wildman–Crippen LogP) is 2.33. The van der Waals surface area contributed by atoms with Crippen LogP contribution in [0.3, 0.4) is 0 Å². The van der Waals surface area contributed by atoms with Gasteiger partial charge in [0.25, 0.3) is 0 Å². The van der Waals surface area contributed by atoms with E-state index in [1.54, 1.807) is 6.08 Å². The number of rotatable bonds is 0. The quantitative estimate of drug-likeness (QED) is 0.601. The number of esters is 1. The maximum Gasteiger partial charge on any atom is 0.331 e. The SMILES string of the molecule is O=C1C=C2c3ccccc3CCC[C@@H]2O1. The van der Waals surface area contributed by atoms with Crippen molar-refractivity contribution in [2.45, 2.75) is 25.4 Å². The summed E-state index contributed by atoms with van der Waals surface area (Å²) in [6.07, 6.45) is 4.77. The van der Waals surface area contributed by atoms with E-state index in [-0.39, 0.29) is 12.1 Å². The molecule has 0 saturated carbocycles. The van der Waals surface area contributed by atoms with Crippen LogP contribution in [-0.2, 0) is 16.0 Å². The van der Waals surface area contributed by atoms with Gasteiger partial charge in [-0.25, -0.2) is 4.79 Å². The average Bonchev–Trinajstić information content (AvgIpc) is 2.52. The molecule has 2 heteroatoms. The molecular weight excluding hydrogens is 188 g/mol. The van der Waals surface area contributed by atoms with E-state index in [0.717, 1.165) is 24.8 Å². The Morgan fingerprint density at radius 3 is 3.07 bits per heavy atom. The Bertz CT molecular complexity index is 446. The number of hydrogen-bond acceptors (Lipinski definition) is 2. The van der Waals surface area contributed by atoms with E-state index in [0.29, 0.717) is 0 Å². The van der Waals surface area contributed by atoms with Gasteiger partial charge in [0.15, 0.2) is 0 Å². The summed E-state index contributed by atoms with van der Waals surface area (Å²) in [4.78, 5) is 11.2. The number of benzene rings is 1. The Labute approximate surface area is 88.6 Å². The molecule has 15 heavy (non-hydrogen) atoms. The molecule has 76 valence electrons. The van der Waals surface area contributed by atoms with Gasteiger partial charge in [0, 0.05) is 11.6 Å². The molecule has 2 nitrogen and oxygen atoms in total. The molecule has 0 saturated heterocycles. The monoisotopic (exact) mass is 200 g/mol. The van der Waals surface area contributed by atoms with Gasteiger partial charge in [-0.1, -0.05) is 24.3 Å². The largest absolute Gasteiger partial charge is 0.454 e. The minimum Gasteiger partial charge on any atom is -0.454 e. The van der Waals surface area contributed by atoms with Crippen LogP contribution in [0, 0.1) is 0 Å². The molecule has 0 fully saturated rings. The first-order valence-electron chi connectivity index (χ1n) is 5.35. The molecule has 0 N–H and O–H groups in total. The molecule has 1 atom stereocenters. The maximum absolute atomic E-state index is 11.2. The number of carbonyl (C=O) groups excluding carboxylic acids is 1. The maximum atomic E-state index is 11.2. The number of carbonyl (C=O) groups is 1. The zero-order chi connectivity index (χ0) is 10.3. The van der Waals surface area contributed by atoms with E-state index in [2.05, 4.69) is 18.2 Å². The molecule has 0 bridgehead atoms. The highest BCUT2D eigenvalue weighted by atomic mass is 16.5. The Morgan fingerprint density at radius 1 is 1.27 bits per heavy atom. The summed E-state index contributed by atoms with van der Waals surface area (Å²) in [6.45, 7) is 0. The highest BCUT2D eigenvalue weighted by Crippen LogP contribution is 2.34. The molecule has 2 aliphatic rings. The van der Waals surface area contributed by atoms with Crippen LogP contribution < -0.4 is 0 Å². The van der Waals surface area contributed by atoms with Crippen molar-refractivity contribution in [2.75, 3.05) is 0 Å². The van der Waals surface area contributed by atoms with Crippen LogP contribution in [0.5, 0.6) is 0 Å². The molecule has 0 aromatic heterocycles. The molecule has 1 aromatic rings. The van der Waals surface area contributed by atoms with Gasteiger partial charge in [0.05, 0.1) is 0 Å². The highest BCUT2D eigenvalue weighted by molar-refractivity contribution is 5.97. The third kappa shape index (κ3) is 1.37. The van der Waals surface area contributed by atoms with Crippen LogP contribution in [0.2, 0.25) is 0 Å². The van der Waals surface area contributed by atoms with E-state index < -0.39 is 0 Å². The fourth-order valence-electron chi connectivity index (χ4n) is 2.42. The minimum absolute atomic E-state index is 0.00106. The van der Waals surface area contributed by atoms with Crippen molar-refractivity contribution in [2.24, 2.45) is 0 Å². The molecule has 1 aliphatic carbocycles. The van der Waals surface area contributed by atoms with Gasteiger partial charge in [-0.05, 0) is 30.4 Å². The molecular formula is C13H12O2. The topological polar surface area (TPSA) is 26.3 Å². The molecule has 0 amide bonds. The van der Waals surface area contributed by atoms with E-state index in [9.17, 15) is 4.79 Å². The lowest BCUT2D eigenvalue weighted by molar-refractivity contribution is -0.138. The van der Waals surface area contributed by atoms with Gasteiger partial charge in [-0.15, -0.1) is 0 Å². The molecule has 3 rings (SSSR count). The zero-order valence-corrected chi connectivity index (χ0v) is 8.40. The number of fused-ring (bicyclic) bond motifs is 3. The standard InChI is InChI=1S/C13H12O2/c14-13-8-11-10-6-2-1-4-9(10)5-3-7-12(11)15-13/h1-2,4,6,8,12H,3,5,7H2/t12-/m0/s1. The lowest BCUT2D eigenvalue weighted by atomic mass is 9.98. The molecule has 0 radical (unpaired) electrons. The molecule has 0 unspecified atom stereocenters. The van der Waals surface area contributed by atoms with Gasteiger partial charge < -0.3 is 4.74 Å². The van der Waals surface area contributed by atoms with Gasteiger partial charge >= 0.3 is 5.97 Å². The van der Waals surface area contributed by atoms with E-state index in [1.807, 2.05) is 6.07 Å². The molecule has 1 heterocycles. The second-order valence-corrected chi connectivity index (χ2v) is 4.07. The Kier molecular flexibility index (Phi) is 1.88. The van der Waals surface area contributed by atoms with E-state index in [4.69, 9.17) is 4.74 Å². The predicted molar refractivity (Wildman–Crippen MR) is 57.2 cm³/mol. The lowest BCUT2D eigenvalue weighted by Crippen LogP contribution is -2.09. The number of aryl methyl sites for hydroxylation is 1. The average molecular weight is 200 g/mol. The lowest BCUT2D eigenvalue weighted by Gasteiger charge is -2.11. The van der Waals surface area contributed by atoms with Crippen LogP contribution in [-0.4, -0.2) is 12.1 Å². The minimum atomic E-state index is -0.188. The van der Waals surface area contributed by atoms with Crippen LogP contribution in [0.1, 0.15) is 24.0 Å². The smallest absolute Gasteiger partial charge is 0.331 e. The molecule has 1 aliphatic heterocycles. The Morgan fingerprint density at radius 2 is 2.13 bits per heavy atom. The zero-order valence-electron chi connectivity index (χ0n) is 8.40. The summed E-state index contributed by atoms with van der Waals surface area (Å²) < 4.78 is 5.27. The summed E-state index contributed by atoms with van der Waals surface area (Å²) in [6, 6.07) is 8.30. The summed E-state index contributed by atoms with van der Waals surface area (Å²) in [5, 5.41) is 0. The van der Waals surface area contributed by atoms with Crippen LogP contribution in [0.15, 0.2) is 30.3 Å². The number of hydrogen-bond donors (Lipinski definition) is 0. The molecule has 0 spiro atoms. The van der Waals surface area contributed by atoms with Crippen LogP contribution in [0.4, 0.5) is 0 Å². The van der Waals surface area contributed by atoms with Crippen molar-refractivity contribution in [3.05, 3.63) is 41.5 Å². The normalized spacial score (nSPS) is 23.6. The fourth-order valence-corrected chi connectivity index (χ4v) is 2.42. The Hall–Kier alpha value is -1.57. The second kappa shape index (κ2) is 3.23. The van der Waals surface area contributed by atoms with Crippen molar-refractivity contribution >= 4 is 11.5 Å². The Balaban J connectivity index is 2.15. The van der Waals surface area contributed by atoms with Crippen molar-refractivity contribution in [1.82, 2.24) is 0 Å². The summed E-state index contributed by atoms with van der Waals surface area (Å²) in [5.41, 5.74) is 3.61.